The molecule has 0 saturated heterocycles. The van der Waals surface area contributed by atoms with E-state index in [9.17, 15) is 10.1 Å². The molecular formula is C15H17NO3. The Balaban J connectivity index is 2.07. The van der Waals surface area contributed by atoms with Gasteiger partial charge in [0.05, 0.1) is 4.92 Å². The lowest BCUT2D eigenvalue weighted by Gasteiger charge is -2.34. The van der Waals surface area contributed by atoms with Gasteiger partial charge in [0.1, 0.15) is 5.75 Å². The van der Waals surface area contributed by atoms with Crippen molar-refractivity contribution in [3.63, 3.8) is 0 Å². The SMILES string of the molecule is O=[N+]([O-])C1=Cc2ccccc2OC12CCCCCC2. The van der Waals surface area contributed by atoms with Gasteiger partial charge in [-0.05, 0) is 31.7 Å². The van der Waals surface area contributed by atoms with Gasteiger partial charge in [-0.15, -0.1) is 0 Å². The van der Waals surface area contributed by atoms with E-state index in [1.807, 2.05) is 24.3 Å². The summed E-state index contributed by atoms with van der Waals surface area (Å²) in [5, 5.41) is 11.4. The zero-order chi connectivity index (χ0) is 13.3. The predicted octanol–water partition coefficient (Wildman–Crippen LogP) is 3.79. The Morgan fingerprint density at radius 2 is 1.79 bits per heavy atom. The van der Waals surface area contributed by atoms with Crippen LogP contribution in [0.1, 0.15) is 44.1 Å². The van der Waals surface area contributed by atoms with Crippen molar-refractivity contribution in [1.29, 1.82) is 0 Å². The van der Waals surface area contributed by atoms with Gasteiger partial charge in [0.2, 0.25) is 0 Å². The first-order chi connectivity index (χ1) is 9.21. The molecule has 1 aliphatic heterocycles. The van der Waals surface area contributed by atoms with Crippen molar-refractivity contribution in [2.45, 2.75) is 44.1 Å². The minimum absolute atomic E-state index is 0.230. The number of para-hydroxylation sites is 1. The topological polar surface area (TPSA) is 52.4 Å². The minimum Gasteiger partial charge on any atom is -0.475 e. The summed E-state index contributed by atoms with van der Waals surface area (Å²) in [7, 11) is 0. The Kier molecular flexibility index (Phi) is 3.01. The number of benzene rings is 1. The summed E-state index contributed by atoms with van der Waals surface area (Å²) in [5.74, 6) is 0.773. The Hall–Kier alpha value is -1.84. The second-order valence-electron chi connectivity index (χ2n) is 5.34. The van der Waals surface area contributed by atoms with Gasteiger partial charge in [-0.25, -0.2) is 0 Å². The van der Waals surface area contributed by atoms with E-state index in [0.29, 0.717) is 0 Å². The van der Waals surface area contributed by atoms with Crippen LogP contribution in [-0.4, -0.2) is 10.5 Å². The lowest BCUT2D eigenvalue weighted by Crippen LogP contribution is -2.42. The third kappa shape index (κ3) is 2.11. The van der Waals surface area contributed by atoms with Crippen molar-refractivity contribution in [2.75, 3.05) is 0 Å². The zero-order valence-corrected chi connectivity index (χ0v) is 10.8. The normalized spacial score (nSPS) is 20.9. The van der Waals surface area contributed by atoms with Crippen molar-refractivity contribution in [2.24, 2.45) is 0 Å². The number of fused-ring (bicyclic) bond motifs is 1. The number of hydrogen-bond donors (Lipinski definition) is 0. The van der Waals surface area contributed by atoms with E-state index < -0.39 is 5.60 Å². The number of nitrogens with zero attached hydrogens (tertiary/aromatic N) is 1. The fourth-order valence-electron chi connectivity index (χ4n) is 3.11. The molecule has 1 aliphatic carbocycles. The van der Waals surface area contributed by atoms with Gasteiger partial charge in [0.15, 0.2) is 5.60 Å². The highest BCUT2D eigenvalue weighted by Gasteiger charge is 2.47. The highest BCUT2D eigenvalue weighted by Crippen LogP contribution is 2.43. The van der Waals surface area contributed by atoms with Crippen LogP contribution in [0.15, 0.2) is 30.0 Å². The van der Waals surface area contributed by atoms with E-state index in [0.717, 1.165) is 49.8 Å². The summed E-state index contributed by atoms with van der Waals surface area (Å²) in [6, 6.07) is 7.55. The average Bonchev–Trinajstić information content (AvgIpc) is 2.64. The molecule has 1 saturated carbocycles. The summed E-state index contributed by atoms with van der Waals surface area (Å²) < 4.78 is 6.10. The largest absolute Gasteiger partial charge is 0.475 e. The number of ether oxygens (including phenoxy) is 1. The van der Waals surface area contributed by atoms with Crippen LogP contribution in [0.3, 0.4) is 0 Å². The van der Waals surface area contributed by atoms with Gasteiger partial charge >= 0.3 is 0 Å². The van der Waals surface area contributed by atoms with E-state index in [-0.39, 0.29) is 10.6 Å². The number of rotatable bonds is 1. The van der Waals surface area contributed by atoms with Crippen LogP contribution < -0.4 is 4.74 Å². The first-order valence-corrected chi connectivity index (χ1v) is 6.86. The molecule has 1 spiro atoms. The van der Waals surface area contributed by atoms with Crippen molar-refractivity contribution in [3.05, 3.63) is 45.6 Å². The smallest absolute Gasteiger partial charge is 0.290 e. The number of nitro groups is 1. The Bertz CT molecular complexity index is 528. The highest BCUT2D eigenvalue weighted by atomic mass is 16.6. The van der Waals surface area contributed by atoms with Crippen LogP contribution in [0.2, 0.25) is 0 Å². The zero-order valence-electron chi connectivity index (χ0n) is 10.8. The standard InChI is InChI=1S/C15H17NO3/c17-16(18)14-11-12-7-3-4-8-13(12)19-15(14)9-5-1-2-6-10-15/h3-4,7-8,11H,1-2,5-6,9-10H2. The third-order valence-corrected chi connectivity index (χ3v) is 4.09. The number of hydrogen-bond acceptors (Lipinski definition) is 3. The second-order valence-corrected chi connectivity index (χ2v) is 5.34. The molecule has 1 fully saturated rings. The van der Waals surface area contributed by atoms with E-state index >= 15 is 0 Å². The lowest BCUT2D eigenvalue weighted by atomic mass is 9.87. The molecule has 0 bridgehead atoms. The molecule has 1 heterocycles. The summed E-state index contributed by atoms with van der Waals surface area (Å²) >= 11 is 0. The Morgan fingerprint density at radius 3 is 2.47 bits per heavy atom. The highest BCUT2D eigenvalue weighted by molar-refractivity contribution is 5.62. The Labute approximate surface area is 112 Å². The van der Waals surface area contributed by atoms with Crippen LogP contribution in [0.25, 0.3) is 6.08 Å². The van der Waals surface area contributed by atoms with Crippen molar-refractivity contribution >= 4 is 6.08 Å². The van der Waals surface area contributed by atoms with E-state index in [1.54, 1.807) is 6.08 Å². The molecule has 1 aromatic rings. The monoisotopic (exact) mass is 259 g/mol. The molecule has 0 aromatic heterocycles. The fraction of sp³-hybridized carbons (Fsp3) is 0.467. The van der Waals surface area contributed by atoms with Crippen molar-refractivity contribution < 1.29 is 9.66 Å². The summed E-state index contributed by atoms with van der Waals surface area (Å²) in [6.07, 6.45) is 7.45. The van der Waals surface area contributed by atoms with Gasteiger partial charge in [-0.1, -0.05) is 31.0 Å². The molecule has 0 radical (unpaired) electrons. The molecule has 4 heteroatoms. The van der Waals surface area contributed by atoms with Gasteiger partial charge in [0.25, 0.3) is 5.70 Å². The minimum atomic E-state index is -0.714. The maximum atomic E-state index is 11.4. The summed E-state index contributed by atoms with van der Waals surface area (Å²) in [6.45, 7) is 0. The first kappa shape index (κ1) is 12.2. The average molecular weight is 259 g/mol. The van der Waals surface area contributed by atoms with Crippen LogP contribution in [0.4, 0.5) is 0 Å². The van der Waals surface area contributed by atoms with Gasteiger partial charge < -0.3 is 4.74 Å². The molecule has 0 amide bonds. The van der Waals surface area contributed by atoms with Gasteiger partial charge in [0, 0.05) is 11.6 Å². The van der Waals surface area contributed by atoms with E-state index in [2.05, 4.69) is 0 Å². The third-order valence-electron chi connectivity index (χ3n) is 4.09. The van der Waals surface area contributed by atoms with Gasteiger partial charge in [-0.2, -0.15) is 0 Å². The van der Waals surface area contributed by atoms with E-state index in [1.165, 1.54) is 0 Å². The quantitative estimate of drug-likeness (QED) is 0.569. The molecule has 100 valence electrons. The van der Waals surface area contributed by atoms with Crippen LogP contribution in [-0.2, 0) is 0 Å². The molecule has 4 nitrogen and oxygen atoms in total. The molecule has 0 unspecified atom stereocenters. The first-order valence-electron chi connectivity index (χ1n) is 6.86. The molecule has 0 N–H and O–H groups in total. The lowest BCUT2D eigenvalue weighted by molar-refractivity contribution is -0.442. The van der Waals surface area contributed by atoms with Crippen LogP contribution in [0.5, 0.6) is 5.75 Å². The predicted molar refractivity (Wildman–Crippen MR) is 72.5 cm³/mol. The van der Waals surface area contributed by atoms with Gasteiger partial charge in [-0.3, -0.25) is 10.1 Å². The molecular weight excluding hydrogens is 242 g/mol. The van der Waals surface area contributed by atoms with Crippen molar-refractivity contribution in [1.82, 2.24) is 0 Å². The summed E-state index contributed by atoms with van der Waals surface area (Å²) in [4.78, 5) is 11.1. The Morgan fingerprint density at radius 1 is 1.11 bits per heavy atom. The molecule has 1 aromatic carbocycles. The maximum absolute atomic E-state index is 11.4. The summed E-state index contributed by atoms with van der Waals surface area (Å²) in [5.41, 5.74) is 0.325. The fourth-order valence-corrected chi connectivity index (χ4v) is 3.11. The second kappa shape index (κ2) is 4.68. The van der Waals surface area contributed by atoms with E-state index in [4.69, 9.17) is 4.74 Å². The molecule has 0 atom stereocenters. The van der Waals surface area contributed by atoms with Crippen molar-refractivity contribution in [3.8, 4) is 5.75 Å². The molecule has 19 heavy (non-hydrogen) atoms. The van der Waals surface area contributed by atoms with Crippen LogP contribution >= 0.6 is 0 Å². The maximum Gasteiger partial charge on any atom is 0.290 e. The molecule has 2 aliphatic rings. The van der Waals surface area contributed by atoms with Crippen LogP contribution in [0, 0.1) is 10.1 Å². The molecule has 3 rings (SSSR count).